The molecular formula is C16H14F5NO5S. The molecule has 0 amide bonds. The van der Waals surface area contributed by atoms with Crippen LogP contribution in [-0.2, 0) is 16.6 Å². The Bertz CT molecular complexity index is 901. The molecule has 2 rings (SSSR count). The van der Waals surface area contributed by atoms with Gasteiger partial charge in [0, 0.05) is 6.54 Å². The van der Waals surface area contributed by atoms with Crippen molar-refractivity contribution in [3.8, 4) is 17.2 Å². The number of methoxy groups -OCH3 is 1. The van der Waals surface area contributed by atoms with E-state index in [1.807, 2.05) is 0 Å². The van der Waals surface area contributed by atoms with E-state index in [-0.39, 0.29) is 22.9 Å². The van der Waals surface area contributed by atoms with Gasteiger partial charge < -0.3 is 14.2 Å². The van der Waals surface area contributed by atoms with Crippen molar-refractivity contribution in [3.05, 3.63) is 48.0 Å². The number of alkyl halides is 5. The summed E-state index contributed by atoms with van der Waals surface area (Å²) in [6.07, 6.45) is -4.89. The average molecular weight is 427 g/mol. The van der Waals surface area contributed by atoms with E-state index in [4.69, 9.17) is 4.74 Å². The Balaban J connectivity index is 2.08. The van der Waals surface area contributed by atoms with E-state index in [1.165, 1.54) is 25.3 Å². The van der Waals surface area contributed by atoms with Crippen molar-refractivity contribution in [3.63, 3.8) is 0 Å². The maximum atomic E-state index is 12.3. The number of nitrogens with one attached hydrogen (secondary N) is 1. The summed E-state index contributed by atoms with van der Waals surface area (Å²) >= 11 is 0. The molecular weight excluding hydrogens is 413 g/mol. The molecule has 0 aliphatic carbocycles. The van der Waals surface area contributed by atoms with Crippen LogP contribution >= 0.6 is 0 Å². The minimum absolute atomic E-state index is 0.0225. The van der Waals surface area contributed by atoms with Gasteiger partial charge in [-0.15, -0.1) is 13.2 Å². The smallest absolute Gasteiger partial charge is 0.493 e. The maximum Gasteiger partial charge on any atom is 0.573 e. The maximum absolute atomic E-state index is 12.3. The van der Waals surface area contributed by atoms with Crippen LogP contribution in [0.1, 0.15) is 5.56 Å². The van der Waals surface area contributed by atoms with Crippen molar-refractivity contribution in [2.45, 2.75) is 24.4 Å². The first-order valence-corrected chi connectivity index (χ1v) is 8.96. The molecule has 0 saturated carbocycles. The number of sulfonamides is 1. The fourth-order valence-corrected chi connectivity index (χ4v) is 3.12. The third-order valence-corrected chi connectivity index (χ3v) is 4.70. The molecule has 0 radical (unpaired) electrons. The van der Waals surface area contributed by atoms with Gasteiger partial charge in [0.15, 0.2) is 11.5 Å². The summed E-state index contributed by atoms with van der Waals surface area (Å²) in [6.45, 7) is -3.28. The van der Waals surface area contributed by atoms with Crippen LogP contribution in [0.15, 0.2) is 47.4 Å². The monoisotopic (exact) mass is 427 g/mol. The minimum Gasteiger partial charge on any atom is -0.493 e. The lowest BCUT2D eigenvalue weighted by atomic mass is 10.2. The molecule has 28 heavy (non-hydrogen) atoms. The average Bonchev–Trinajstić information content (AvgIpc) is 2.59. The predicted octanol–water partition coefficient (Wildman–Crippen LogP) is 3.67. The van der Waals surface area contributed by atoms with Crippen molar-refractivity contribution in [2.24, 2.45) is 0 Å². The molecule has 0 aliphatic rings. The number of ether oxygens (including phenoxy) is 3. The molecule has 0 bridgehead atoms. The van der Waals surface area contributed by atoms with Crippen molar-refractivity contribution in [1.29, 1.82) is 0 Å². The highest BCUT2D eigenvalue weighted by Crippen LogP contribution is 2.29. The van der Waals surface area contributed by atoms with Gasteiger partial charge in [-0.3, -0.25) is 0 Å². The molecule has 0 spiro atoms. The summed E-state index contributed by atoms with van der Waals surface area (Å²) < 4.78 is 101. The van der Waals surface area contributed by atoms with Crippen molar-refractivity contribution in [1.82, 2.24) is 4.72 Å². The van der Waals surface area contributed by atoms with E-state index in [9.17, 15) is 30.4 Å². The standard InChI is InChI=1S/C16H14F5NO5S/c1-25-14-8-10(2-7-13(14)26-15(17)18)9-22-28(23,24)12-5-3-11(4-6-12)27-16(19,20)21/h2-8,15,22H,9H2,1H3. The van der Waals surface area contributed by atoms with Gasteiger partial charge in [-0.25, -0.2) is 13.1 Å². The Kier molecular flexibility index (Phi) is 6.67. The molecule has 0 atom stereocenters. The topological polar surface area (TPSA) is 73.9 Å². The first kappa shape index (κ1) is 21.7. The third kappa shape index (κ3) is 6.23. The summed E-state index contributed by atoms with van der Waals surface area (Å²) in [6, 6.07) is 7.47. The van der Waals surface area contributed by atoms with Gasteiger partial charge in [-0.1, -0.05) is 6.07 Å². The lowest BCUT2D eigenvalue weighted by Crippen LogP contribution is -2.23. The summed E-state index contributed by atoms with van der Waals surface area (Å²) in [7, 11) is -2.82. The zero-order valence-electron chi connectivity index (χ0n) is 14.2. The largest absolute Gasteiger partial charge is 0.573 e. The number of hydrogen-bond donors (Lipinski definition) is 1. The van der Waals surface area contributed by atoms with E-state index in [1.54, 1.807) is 0 Å². The second kappa shape index (κ2) is 8.61. The Morgan fingerprint density at radius 2 is 1.68 bits per heavy atom. The lowest BCUT2D eigenvalue weighted by molar-refractivity contribution is -0.274. The first-order valence-electron chi connectivity index (χ1n) is 7.47. The third-order valence-electron chi connectivity index (χ3n) is 3.28. The fraction of sp³-hybridized carbons (Fsp3) is 0.250. The summed E-state index contributed by atoms with van der Waals surface area (Å²) in [4.78, 5) is -0.286. The van der Waals surface area contributed by atoms with Gasteiger partial charge in [0.2, 0.25) is 10.0 Å². The zero-order valence-corrected chi connectivity index (χ0v) is 15.0. The summed E-state index contributed by atoms with van der Waals surface area (Å²) in [5, 5.41) is 0. The normalized spacial score (nSPS) is 12.1. The number of hydrogen-bond acceptors (Lipinski definition) is 5. The zero-order chi connectivity index (χ0) is 20.9. The van der Waals surface area contributed by atoms with Crippen molar-refractivity contribution < 1.29 is 44.6 Å². The Hall–Kier alpha value is -2.60. The molecule has 154 valence electrons. The minimum atomic E-state index is -4.89. The quantitative estimate of drug-likeness (QED) is 0.651. The molecule has 0 aliphatic heterocycles. The second-order valence-corrected chi connectivity index (χ2v) is 6.97. The van der Waals surface area contributed by atoms with Crippen LogP contribution in [0.3, 0.4) is 0 Å². The van der Waals surface area contributed by atoms with Crippen LogP contribution in [0.4, 0.5) is 22.0 Å². The van der Waals surface area contributed by atoms with Crippen LogP contribution in [-0.4, -0.2) is 28.5 Å². The van der Waals surface area contributed by atoms with Crippen LogP contribution in [0.5, 0.6) is 17.2 Å². The molecule has 0 heterocycles. The highest BCUT2D eigenvalue weighted by Gasteiger charge is 2.31. The molecule has 0 unspecified atom stereocenters. The molecule has 0 saturated heterocycles. The molecule has 12 heteroatoms. The van der Waals surface area contributed by atoms with Crippen molar-refractivity contribution in [2.75, 3.05) is 7.11 Å². The van der Waals surface area contributed by atoms with E-state index in [0.717, 1.165) is 24.3 Å². The first-order chi connectivity index (χ1) is 13.0. The Labute approximate surface area is 156 Å². The van der Waals surface area contributed by atoms with Gasteiger partial charge >= 0.3 is 13.0 Å². The highest BCUT2D eigenvalue weighted by molar-refractivity contribution is 7.89. The molecule has 0 fully saturated rings. The fourth-order valence-electron chi connectivity index (χ4n) is 2.10. The van der Waals surface area contributed by atoms with Crippen molar-refractivity contribution >= 4 is 10.0 Å². The van der Waals surface area contributed by atoms with E-state index < -0.39 is 28.7 Å². The molecule has 2 aromatic carbocycles. The van der Waals surface area contributed by atoms with Crippen LogP contribution in [0, 0.1) is 0 Å². The SMILES string of the molecule is COc1cc(CNS(=O)(=O)c2ccc(OC(F)(F)F)cc2)ccc1OC(F)F. The van der Waals surface area contributed by atoms with Gasteiger partial charge in [-0.05, 0) is 42.0 Å². The lowest BCUT2D eigenvalue weighted by Gasteiger charge is -2.12. The Morgan fingerprint density at radius 1 is 1.04 bits per heavy atom. The van der Waals surface area contributed by atoms with Crippen LogP contribution < -0.4 is 18.9 Å². The van der Waals surface area contributed by atoms with Gasteiger partial charge in [0.05, 0.1) is 12.0 Å². The highest BCUT2D eigenvalue weighted by atomic mass is 32.2. The van der Waals surface area contributed by atoms with Gasteiger partial charge in [-0.2, -0.15) is 8.78 Å². The Morgan fingerprint density at radius 3 is 2.21 bits per heavy atom. The molecule has 6 nitrogen and oxygen atoms in total. The summed E-state index contributed by atoms with van der Waals surface area (Å²) in [5.74, 6) is -0.805. The molecule has 1 N–H and O–H groups in total. The predicted molar refractivity (Wildman–Crippen MR) is 86.8 cm³/mol. The number of benzene rings is 2. The number of halogens is 5. The summed E-state index contributed by atoms with van der Waals surface area (Å²) in [5.41, 5.74) is 0.374. The van der Waals surface area contributed by atoms with Crippen LogP contribution in [0.2, 0.25) is 0 Å². The van der Waals surface area contributed by atoms with Crippen LogP contribution in [0.25, 0.3) is 0 Å². The second-order valence-electron chi connectivity index (χ2n) is 5.21. The van der Waals surface area contributed by atoms with Gasteiger partial charge in [0.1, 0.15) is 5.75 Å². The number of rotatable bonds is 8. The van der Waals surface area contributed by atoms with Gasteiger partial charge in [0.25, 0.3) is 0 Å². The van der Waals surface area contributed by atoms with E-state index in [2.05, 4.69) is 14.2 Å². The molecule has 0 aromatic heterocycles. The van der Waals surface area contributed by atoms with E-state index in [0.29, 0.717) is 5.56 Å². The van der Waals surface area contributed by atoms with E-state index >= 15 is 0 Å². The molecule has 2 aromatic rings.